The highest BCUT2D eigenvalue weighted by molar-refractivity contribution is 7.89. The molecular weight excluding hydrogens is 411 g/mol. The van der Waals surface area contributed by atoms with Gasteiger partial charge in [-0.3, -0.25) is 9.59 Å². The maximum absolute atomic E-state index is 13.8. The number of amides is 2. The number of hydrogen-bond donors (Lipinski definition) is 2. The number of anilines is 1. The lowest BCUT2D eigenvalue weighted by Crippen LogP contribution is -2.57. The summed E-state index contributed by atoms with van der Waals surface area (Å²) in [4.78, 5) is 25.0. The van der Waals surface area contributed by atoms with Crippen molar-refractivity contribution in [2.45, 2.75) is 30.7 Å². The van der Waals surface area contributed by atoms with Crippen molar-refractivity contribution in [1.82, 2.24) is 14.5 Å². The van der Waals surface area contributed by atoms with Crippen molar-refractivity contribution >= 4 is 39.9 Å². The SMILES string of the molecule is CC(=O)Nc1cc(S(=O)(=O)N2CCCC(N3CCNCC3=O)C2)ccc1F.Cl. The highest BCUT2D eigenvalue weighted by Gasteiger charge is 2.35. The van der Waals surface area contributed by atoms with E-state index in [2.05, 4.69) is 10.6 Å². The van der Waals surface area contributed by atoms with E-state index in [4.69, 9.17) is 0 Å². The molecule has 1 aromatic carbocycles. The zero-order valence-electron chi connectivity index (χ0n) is 15.5. The molecule has 0 radical (unpaired) electrons. The fourth-order valence-electron chi connectivity index (χ4n) is 3.50. The van der Waals surface area contributed by atoms with Crippen molar-refractivity contribution in [3.05, 3.63) is 24.0 Å². The summed E-state index contributed by atoms with van der Waals surface area (Å²) in [5, 5.41) is 5.30. The van der Waals surface area contributed by atoms with Crippen molar-refractivity contribution in [1.29, 1.82) is 0 Å². The number of piperazine rings is 1. The molecule has 3 rings (SSSR count). The Morgan fingerprint density at radius 2 is 2.07 bits per heavy atom. The van der Waals surface area contributed by atoms with Gasteiger partial charge in [-0.05, 0) is 31.0 Å². The first-order valence-electron chi connectivity index (χ1n) is 8.86. The van der Waals surface area contributed by atoms with Crippen LogP contribution in [0.5, 0.6) is 0 Å². The maximum Gasteiger partial charge on any atom is 0.243 e. The minimum absolute atomic E-state index is 0. The van der Waals surface area contributed by atoms with Crippen molar-refractivity contribution in [2.75, 3.05) is 38.0 Å². The number of carbonyl (C=O) groups excluding carboxylic acids is 2. The lowest BCUT2D eigenvalue weighted by atomic mass is 10.1. The third-order valence-electron chi connectivity index (χ3n) is 4.81. The van der Waals surface area contributed by atoms with Gasteiger partial charge in [-0.15, -0.1) is 12.4 Å². The standard InChI is InChI=1S/C17H23FN4O4S.ClH/c1-12(23)20-16-9-14(4-5-15(16)18)27(25,26)21-7-2-3-13(11-21)22-8-6-19-10-17(22)24;/h4-5,9,13,19H,2-3,6-8,10-11H2,1H3,(H,20,23);1H. The zero-order valence-corrected chi connectivity index (χ0v) is 17.1. The summed E-state index contributed by atoms with van der Waals surface area (Å²) in [7, 11) is -3.86. The van der Waals surface area contributed by atoms with E-state index in [0.717, 1.165) is 18.6 Å². The molecule has 11 heteroatoms. The highest BCUT2D eigenvalue weighted by Crippen LogP contribution is 2.26. The molecule has 2 amide bonds. The van der Waals surface area contributed by atoms with E-state index in [0.29, 0.717) is 26.1 Å². The van der Waals surface area contributed by atoms with E-state index >= 15 is 0 Å². The van der Waals surface area contributed by atoms with Crippen LogP contribution in [0, 0.1) is 5.82 Å². The number of hydrogen-bond acceptors (Lipinski definition) is 5. The Morgan fingerprint density at radius 1 is 1.32 bits per heavy atom. The fourth-order valence-corrected chi connectivity index (χ4v) is 5.04. The van der Waals surface area contributed by atoms with E-state index in [9.17, 15) is 22.4 Å². The summed E-state index contributed by atoms with van der Waals surface area (Å²) in [6.07, 6.45) is 1.39. The fraction of sp³-hybridized carbons (Fsp3) is 0.529. The lowest BCUT2D eigenvalue weighted by Gasteiger charge is -2.40. The van der Waals surface area contributed by atoms with Gasteiger partial charge >= 0.3 is 0 Å². The molecule has 28 heavy (non-hydrogen) atoms. The number of nitrogens with one attached hydrogen (secondary N) is 2. The molecule has 2 N–H and O–H groups in total. The van der Waals surface area contributed by atoms with Crippen LogP contribution < -0.4 is 10.6 Å². The van der Waals surface area contributed by atoms with Gasteiger partial charge in [0.1, 0.15) is 5.82 Å². The van der Waals surface area contributed by atoms with Crippen LogP contribution in [0.25, 0.3) is 0 Å². The zero-order chi connectivity index (χ0) is 19.6. The maximum atomic E-state index is 13.8. The van der Waals surface area contributed by atoms with Crippen molar-refractivity contribution in [2.24, 2.45) is 0 Å². The molecule has 156 valence electrons. The van der Waals surface area contributed by atoms with Gasteiger partial charge in [0.2, 0.25) is 21.8 Å². The van der Waals surface area contributed by atoms with Gasteiger partial charge in [0.05, 0.1) is 17.1 Å². The number of benzene rings is 1. The molecule has 1 atom stereocenters. The van der Waals surface area contributed by atoms with Crippen molar-refractivity contribution < 1.29 is 22.4 Å². The number of carbonyl (C=O) groups is 2. The number of nitrogens with zero attached hydrogens (tertiary/aromatic N) is 2. The van der Waals surface area contributed by atoms with Crippen molar-refractivity contribution in [3.8, 4) is 0 Å². The Labute approximate surface area is 169 Å². The normalized spacial score (nSPS) is 21.1. The summed E-state index contributed by atoms with van der Waals surface area (Å²) in [6, 6.07) is 3.18. The van der Waals surface area contributed by atoms with Gasteiger partial charge in [0, 0.05) is 39.1 Å². The minimum Gasteiger partial charge on any atom is -0.336 e. The molecule has 2 fully saturated rings. The van der Waals surface area contributed by atoms with Crippen LogP contribution in [0.15, 0.2) is 23.1 Å². The summed E-state index contributed by atoms with van der Waals surface area (Å²) >= 11 is 0. The van der Waals surface area contributed by atoms with Crippen LogP contribution in [0.3, 0.4) is 0 Å². The largest absolute Gasteiger partial charge is 0.336 e. The summed E-state index contributed by atoms with van der Waals surface area (Å²) < 4.78 is 41.2. The van der Waals surface area contributed by atoms with E-state index in [1.54, 1.807) is 4.90 Å². The number of sulfonamides is 1. The number of halogens is 2. The Hall–Kier alpha value is -1.75. The summed E-state index contributed by atoms with van der Waals surface area (Å²) in [6.45, 7) is 3.28. The molecule has 2 aliphatic heterocycles. The number of piperidine rings is 1. The van der Waals surface area contributed by atoms with Gasteiger partial charge in [-0.25, -0.2) is 12.8 Å². The van der Waals surface area contributed by atoms with Crippen LogP contribution in [-0.4, -0.2) is 68.2 Å². The van der Waals surface area contributed by atoms with Gasteiger partial charge in [-0.2, -0.15) is 4.31 Å². The van der Waals surface area contributed by atoms with Crippen LogP contribution in [-0.2, 0) is 19.6 Å². The predicted octanol–water partition coefficient (Wildman–Crippen LogP) is 0.791. The second-order valence-electron chi connectivity index (χ2n) is 6.75. The molecule has 0 aromatic heterocycles. The van der Waals surface area contributed by atoms with Crippen LogP contribution in [0.2, 0.25) is 0 Å². The molecule has 1 aromatic rings. The molecule has 1 unspecified atom stereocenters. The Kier molecular flexibility index (Phi) is 7.38. The third-order valence-corrected chi connectivity index (χ3v) is 6.67. The first-order chi connectivity index (χ1) is 12.8. The molecule has 0 aliphatic carbocycles. The first-order valence-corrected chi connectivity index (χ1v) is 10.3. The Balaban J connectivity index is 0.00000280. The lowest BCUT2D eigenvalue weighted by molar-refractivity contribution is -0.135. The van der Waals surface area contributed by atoms with Gasteiger partial charge in [0.25, 0.3) is 0 Å². The topological polar surface area (TPSA) is 98.8 Å². The average Bonchev–Trinajstić information content (AvgIpc) is 2.63. The smallest absolute Gasteiger partial charge is 0.243 e. The average molecular weight is 435 g/mol. The molecule has 8 nitrogen and oxygen atoms in total. The molecule has 2 aliphatic rings. The molecule has 0 spiro atoms. The second kappa shape index (κ2) is 9.17. The molecule has 2 saturated heterocycles. The Morgan fingerprint density at radius 3 is 2.75 bits per heavy atom. The first kappa shape index (κ1) is 22.5. The van der Waals surface area contributed by atoms with E-state index < -0.39 is 21.7 Å². The molecular formula is C17H24ClFN4O4S. The van der Waals surface area contributed by atoms with Gasteiger partial charge in [0.15, 0.2) is 0 Å². The molecule has 0 saturated carbocycles. The molecule has 2 heterocycles. The van der Waals surface area contributed by atoms with Crippen LogP contribution in [0.4, 0.5) is 10.1 Å². The van der Waals surface area contributed by atoms with Gasteiger partial charge < -0.3 is 15.5 Å². The second-order valence-corrected chi connectivity index (χ2v) is 8.68. The minimum atomic E-state index is -3.86. The molecule has 0 bridgehead atoms. The van der Waals surface area contributed by atoms with Crippen molar-refractivity contribution in [3.63, 3.8) is 0 Å². The van der Waals surface area contributed by atoms with E-state index in [-0.39, 0.29) is 48.0 Å². The van der Waals surface area contributed by atoms with Gasteiger partial charge in [-0.1, -0.05) is 0 Å². The summed E-state index contributed by atoms with van der Waals surface area (Å²) in [5.41, 5.74) is -0.172. The quantitative estimate of drug-likeness (QED) is 0.730. The summed E-state index contributed by atoms with van der Waals surface area (Å²) in [5.74, 6) is -1.22. The third kappa shape index (κ3) is 4.80. The predicted molar refractivity (Wildman–Crippen MR) is 104 cm³/mol. The monoisotopic (exact) mass is 434 g/mol. The van der Waals surface area contributed by atoms with E-state index in [1.165, 1.54) is 17.3 Å². The van der Waals surface area contributed by atoms with Crippen LogP contribution >= 0.6 is 12.4 Å². The van der Waals surface area contributed by atoms with E-state index in [1.807, 2.05) is 0 Å². The van der Waals surface area contributed by atoms with Crippen LogP contribution in [0.1, 0.15) is 19.8 Å². The Bertz CT molecular complexity index is 852. The highest BCUT2D eigenvalue weighted by atomic mass is 35.5. The number of rotatable bonds is 4.